The summed E-state index contributed by atoms with van der Waals surface area (Å²) < 4.78 is 5.99. The van der Waals surface area contributed by atoms with Crippen molar-refractivity contribution in [2.45, 2.75) is 45.2 Å². The zero-order valence-corrected chi connectivity index (χ0v) is 21.0. The first-order valence-corrected chi connectivity index (χ1v) is 12.7. The average molecular weight is 486 g/mol. The van der Waals surface area contributed by atoms with Crippen molar-refractivity contribution in [2.75, 3.05) is 45.9 Å². The largest absolute Gasteiger partial charge is 0.492 e. The summed E-state index contributed by atoms with van der Waals surface area (Å²) >= 11 is 5.99. The summed E-state index contributed by atoms with van der Waals surface area (Å²) in [5, 5.41) is 12.7. The number of amides is 1. The van der Waals surface area contributed by atoms with E-state index in [0.29, 0.717) is 42.4 Å². The molecule has 0 spiro atoms. The summed E-state index contributed by atoms with van der Waals surface area (Å²) in [6.45, 7) is 8.76. The molecular weight excluding hydrogens is 450 g/mol. The standard InChI is InChI=1S/C27H36ClN3O3/c1-19-20(2)26(34-17-13-29-12-16-32)11-10-24(19)25-5-3-4-23-18-30(14-15-31(23)25)27(33)21-6-8-22(28)9-7-21/h6-11,23,25,29,32H,3-5,12-18H2,1-2H3/t23-,25?/m0/s1. The normalized spacial score (nSPS) is 20.8. The molecule has 2 saturated heterocycles. The van der Waals surface area contributed by atoms with E-state index in [2.05, 4.69) is 36.2 Å². The molecule has 2 fully saturated rings. The van der Waals surface area contributed by atoms with Gasteiger partial charge in [-0.05, 0) is 80.1 Å². The van der Waals surface area contributed by atoms with Crippen LogP contribution >= 0.6 is 11.6 Å². The number of aliphatic hydroxyl groups excluding tert-OH is 1. The van der Waals surface area contributed by atoms with E-state index >= 15 is 0 Å². The molecule has 34 heavy (non-hydrogen) atoms. The summed E-state index contributed by atoms with van der Waals surface area (Å²) in [6, 6.07) is 12.3. The van der Waals surface area contributed by atoms with Crippen LogP contribution in [-0.2, 0) is 0 Å². The van der Waals surface area contributed by atoms with Gasteiger partial charge in [0.05, 0.1) is 6.61 Å². The van der Waals surface area contributed by atoms with Crippen LogP contribution in [0, 0.1) is 13.8 Å². The van der Waals surface area contributed by atoms with Crippen LogP contribution in [0.2, 0.25) is 5.02 Å². The summed E-state index contributed by atoms with van der Waals surface area (Å²) in [6.07, 6.45) is 3.44. The minimum Gasteiger partial charge on any atom is -0.492 e. The van der Waals surface area contributed by atoms with E-state index in [1.54, 1.807) is 12.1 Å². The van der Waals surface area contributed by atoms with Crippen molar-refractivity contribution >= 4 is 17.5 Å². The van der Waals surface area contributed by atoms with E-state index in [1.807, 2.05) is 17.0 Å². The number of carbonyl (C=O) groups excluding carboxylic acids is 1. The van der Waals surface area contributed by atoms with Crippen molar-refractivity contribution in [2.24, 2.45) is 0 Å². The molecule has 2 aromatic carbocycles. The van der Waals surface area contributed by atoms with E-state index in [9.17, 15) is 4.79 Å². The molecule has 1 unspecified atom stereocenters. The predicted molar refractivity (Wildman–Crippen MR) is 136 cm³/mol. The quantitative estimate of drug-likeness (QED) is 0.554. The highest BCUT2D eigenvalue weighted by Gasteiger charge is 2.37. The number of carbonyl (C=O) groups is 1. The molecule has 2 aromatic rings. The van der Waals surface area contributed by atoms with Gasteiger partial charge in [0.1, 0.15) is 12.4 Å². The highest BCUT2D eigenvalue weighted by molar-refractivity contribution is 6.30. The number of hydrogen-bond donors (Lipinski definition) is 2. The first kappa shape index (κ1) is 25.0. The second-order valence-corrected chi connectivity index (χ2v) is 9.76. The molecule has 7 heteroatoms. The number of piperidine rings is 1. The molecular formula is C27H36ClN3O3. The lowest BCUT2D eigenvalue weighted by Gasteiger charge is -2.48. The number of benzene rings is 2. The molecule has 2 aliphatic rings. The monoisotopic (exact) mass is 485 g/mol. The number of nitrogens with zero attached hydrogens (tertiary/aromatic N) is 2. The van der Waals surface area contributed by atoms with Gasteiger partial charge in [-0.15, -0.1) is 0 Å². The molecule has 0 aromatic heterocycles. The molecule has 184 valence electrons. The highest BCUT2D eigenvalue weighted by Crippen LogP contribution is 2.39. The lowest BCUT2D eigenvalue weighted by Crippen LogP contribution is -2.57. The van der Waals surface area contributed by atoms with Crippen molar-refractivity contribution in [1.82, 2.24) is 15.1 Å². The van der Waals surface area contributed by atoms with Crippen LogP contribution in [0.4, 0.5) is 0 Å². The number of nitrogens with one attached hydrogen (secondary N) is 1. The fraction of sp³-hybridized carbons (Fsp3) is 0.519. The predicted octanol–water partition coefficient (Wildman–Crippen LogP) is 3.97. The molecule has 1 amide bonds. The smallest absolute Gasteiger partial charge is 0.253 e. The maximum absolute atomic E-state index is 13.1. The fourth-order valence-electron chi connectivity index (χ4n) is 5.31. The van der Waals surface area contributed by atoms with Gasteiger partial charge in [-0.25, -0.2) is 0 Å². The molecule has 0 saturated carbocycles. The third-order valence-corrected chi connectivity index (χ3v) is 7.54. The van der Waals surface area contributed by atoms with E-state index in [0.717, 1.165) is 38.2 Å². The zero-order valence-electron chi connectivity index (χ0n) is 20.2. The molecule has 2 aliphatic heterocycles. The molecule has 0 bridgehead atoms. The van der Waals surface area contributed by atoms with Crippen molar-refractivity contribution in [1.29, 1.82) is 0 Å². The van der Waals surface area contributed by atoms with Crippen molar-refractivity contribution in [3.63, 3.8) is 0 Å². The maximum atomic E-state index is 13.1. The molecule has 4 rings (SSSR count). The van der Waals surface area contributed by atoms with E-state index in [1.165, 1.54) is 23.1 Å². The number of ether oxygens (including phenoxy) is 1. The van der Waals surface area contributed by atoms with Crippen LogP contribution in [-0.4, -0.2) is 72.8 Å². The molecule has 6 nitrogen and oxygen atoms in total. The molecule has 0 aliphatic carbocycles. The number of aliphatic hydroxyl groups is 1. The number of piperazine rings is 1. The van der Waals surface area contributed by atoms with Crippen LogP contribution in [0.15, 0.2) is 36.4 Å². The molecule has 0 radical (unpaired) electrons. The molecule has 2 atom stereocenters. The van der Waals surface area contributed by atoms with Crippen LogP contribution in [0.3, 0.4) is 0 Å². The van der Waals surface area contributed by atoms with Crippen LogP contribution in [0.1, 0.15) is 52.4 Å². The van der Waals surface area contributed by atoms with Gasteiger partial charge < -0.3 is 20.1 Å². The van der Waals surface area contributed by atoms with Gasteiger partial charge in [0.2, 0.25) is 0 Å². The summed E-state index contributed by atoms with van der Waals surface area (Å²) in [5.74, 6) is 1.03. The lowest BCUT2D eigenvalue weighted by molar-refractivity contribution is 0.0101. The van der Waals surface area contributed by atoms with Gasteiger partial charge >= 0.3 is 0 Å². The Morgan fingerprint density at radius 1 is 1.09 bits per heavy atom. The lowest BCUT2D eigenvalue weighted by atomic mass is 9.86. The first-order valence-electron chi connectivity index (χ1n) is 12.3. The number of rotatable bonds is 8. The number of halogens is 1. The minimum atomic E-state index is 0.0976. The van der Waals surface area contributed by atoms with Crippen molar-refractivity contribution < 1.29 is 14.6 Å². The van der Waals surface area contributed by atoms with Crippen molar-refractivity contribution in [3.8, 4) is 5.75 Å². The van der Waals surface area contributed by atoms with Gasteiger partial charge in [0, 0.05) is 55.4 Å². The third-order valence-electron chi connectivity index (χ3n) is 7.29. The van der Waals surface area contributed by atoms with Gasteiger partial charge in [-0.3, -0.25) is 9.69 Å². The molecule has 2 N–H and O–H groups in total. The first-order chi connectivity index (χ1) is 16.5. The Labute approximate surface area is 207 Å². The average Bonchev–Trinajstić information content (AvgIpc) is 2.86. The van der Waals surface area contributed by atoms with Gasteiger partial charge in [0.25, 0.3) is 5.91 Å². The second kappa shape index (κ2) is 11.5. The number of fused-ring (bicyclic) bond motifs is 1. The highest BCUT2D eigenvalue weighted by atomic mass is 35.5. The van der Waals surface area contributed by atoms with Crippen LogP contribution < -0.4 is 10.1 Å². The van der Waals surface area contributed by atoms with Gasteiger partial charge in [-0.1, -0.05) is 17.7 Å². The Hall–Kier alpha value is -2.12. The minimum absolute atomic E-state index is 0.0976. The summed E-state index contributed by atoms with van der Waals surface area (Å²) in [5.41, 5.74) is 4.58. The topological polar surface area (TPSA) is 65.0 Å². The van der Waals surface area contributed by atoms with Crippen LogP contribution in [0.5, 0.6) is 5.75 Å². The van der Waals surface area contributed by atoms with Gasteiger partial charge in [0.15, 0.2) is 0 Å². The maximum Gasteiger partial charge on any atom is 0.253 e. The Morgan fingerprint density at radius 2 is 1.88 bits per heavy atom. The molecule has 2 heterocycles. The SMILES string of the molecule is Cc1c(OCCNCCO)ccc(C2CCC[C@H]3CN(C(=O)c4ccc(Cl)cc4)CCN23)c1C. The fourth-order valence-corrected chi connectivity index (χ4v) is 5.44. The van der Waals surface area contributed by atoms with E-state index in [4.69, 9.17) is 21.4 Å². The zero-order chi connectivity index (χ0) is 24.1. The second-order valence-electron chi connectivity index (χ2n) is 9.32. The van der Waals surface area contributed by atoms with Crippen molar-refractivity contribution in [3.05, 3.63) is 63.7 Å². The Morgan fingerprint density at radius 3 is 2.65 bits per heavy atom. The number of hydrogen-bond acceptors (Lipinski definition) is 5. The van der Waals surface area contributed by atoms with E-state index in [-0.39, 0.29) is 12.5 Å². The summed E-state index contributed by atoms with van der Waals surface area (Å²) in [7, 11) is 0. The van der Waals surface area contributed by atoms with Gasteiger partial charge in [-0.2, -0.15) is 0 Å². The Kier molecular flexibility index (Phi) is 8.48. The van der Waals surface area contributed by atoms with E-state index < -0.39 is 0 Å². The van der Waals surface area contributed by atoms with Crippen LogP contribution in [0.25, 0.3) is 0 Å². The Bertz CT molecular complexity index is 982. The Balaban J connectivity index is 1.42. The third kappa shape index (κ3) is 5.57. The summed E-state index contributed by atoms with van der Waals surface area (Å²) in [4.78, 5) is 17.7.